The standard InChI is InChI=1S/C13H10.C5H5.2ClH.FH.Zr/c1-3-7-12(8-4-1)11-13-9-5-2-6-10-13;1-2-4-5-3-1;;;;/h1-10H;1-3H,4H2;3*1H;/q;;;;;+1/p-1. The minimum atomic E-state index is -3.25. The molecule has 0 N–H and O–H groups in total. The normalized spacial score (nSPS) is 12.0. The van der Waals surface area contributed by atoms with E-state index >= 15 is 2.63 Å². The summed E-state index contributed by atoms with van der Waals surface area (Å²) < 4.78 is 17.2. The van der Waals surface area contributed by atoms with Gasteiger partial charge in [0.25, 0.3) is 0 Å². The van der Waals surface area contributed by atoms with Crippen LogP contribution >= 0.6 is 24.8 Å². The van der Waals surface area contributed by atoms with Crippen molar-refractivity contribution >= 4 is 28.0 Å². The van der Waals surface area contributed by atoms with Gasteiger partial charge >= 0.3 is 127 Å². The molecule has 0 fully saturated rings. The van der Waals surface area contributed by atoms with E-state index < -0.39 is 21.9 Å². The van der Waals surface area contributed by atoms with Crippen LogP contribution < -0.4 is 0 Å². The molecule has 0 spiro atoms. The summed E-state index contributed by atoms with van der Waals surface area (Å²) in [5.74, 6) is 0. The molecule has 2 aromatic rings. The van der Waals surface area contributed by atoms with Gasteiger partial charge in [-0.05, 0) is 0 Å². The van der Waals surface area contributed by atoms with Crippen molar-refractivity contribution in [2.75, 3.05) is 0 Å². The van der Waals surface area contributed by atoms with E-state index in [1.54, 1.807) is 0 Å². The SMILES string of the molecule is Cl.Cl.[F][Zr]([C]1=CC=CC1)=[C](c1ccccc1)c1ccccc1. The molecule has 4 heteroatoms. The molecule has 0 unspecified atom stereocenters. The Balaban J connectivity index is 0.00000121. The molecule has 0 saturated carbocycles. The molecule has 3 rings (SSSR count). The fourth-order valence-corrected chi connectivity index (χ4v) is 6.58. The van der Waals surface area contributed by atoms with Gasteiger partial charge in [-0.15, -0.1) is 24.8 Å². The number of hydrogen-bond acceptors (Lipinski definition) is 0. The Morgan fingerprint density at radius 3 is 1.73 bits per heavy atom. The molecule has 114 valence electrons. The molecule has 2 aromatic carbocycles. The van der Waals surface area contributed by atoms with E-state index in [9.17, 15) is 0 Å². The predicted molar refractivity (Wildman–Crippen MR) is 93.5 cm³/mol. The third kappa shape index (κ3) is 4.35. The molecule has 0 aliphatic heterocycles. The van der Waals surface area contributed by atoms with Crippen molar-refractivity contribution in [2.24, 2.45) is 0 Å². The molecule has 0 amide bonds. The third-order valence-corrected chi connectivity index (χ3v) is 8.19. The van der Waals surface area contributed by atoms with Gasteiger partial charge in [0.1, 0.15) is 0 Å². The molecule has 22 heavy (non-hydrogen) atoms. The molecule has 0 heterocycles. The zero-order valence-electron chi connectivity index (χ0n) is 11.9. The average molecular weight is 414 g/mol. The van der Waals surface area contributed by atoms with Crippen molar-refractivity contribution in [3.8, 4) is 0 Å². The second-order valence-corrected chi connectivity index (χ2v) is 9.10. The number of halogens is 3. The molecule has 0 nitrogen and oxygen atoms in total. The first-order valence-corrected chi connectivity index (χ1v) is 10.1. The fraction of sp³-hybridized carbons (Fsp3) is 0.0556. The molecule has 0 atom stereocenters. The van der Waals surface area contributed by atoms with Crippen LogP contribution in [-0.2, 0) is 21.9 Å². The predicted octanol–water partition coefficient (Wildman–Crippen LogP) is 5.45. The maximum atomic E-state index is 15.2. The van der Waals surface area contributed by atoms with Gasteiger partial charge in [0.15, 0.2) is 0 Å². The first-order chi connectivity index (χ1) is 9.86. The van der Waals surface area contributed by atoms with E-state index in [0.29, 0.717) is 0 Å². The van der Waals surface area contributed by atoms with Gasteiger partial charge in [-0.25, -0.2) is 0 Å². The second-order valence-electron chi connectivity index (χ2n) is 4.75. The summed E-state index contributed by atoms with van der Waals surface area (Å²) in [7, 11) is 0. The van der Waals surface area contributed by atoms with Gasteiger partial charge in [-0.2, -0.15) is 0 Å². The van der Waals surface area contributed by atoms with E-state index in [4.69, 9.17) is 0 Å². The quantitative estimate of drug-likeness (QED) is 0.627. The Hall–Kier alpha value is -0.817. The molecular weight excluding hydrogens is 397 g/mol. The Morgan fingerprint density at radius 1 is 0.818 bits per heavy atom. The first kappa shape index (κ1) is 19.2. The van der Waals surface area contributed by atoms with Crippen molar-refractivity contribution < 1.29 is 24.5 Å². The molecule has 0 saturated heterocycles. The maximum absolute atomic E-state index is 15.2. The van der Waals surface area contributed by atoms with E-state index in [2.05, 4.69) is 0 Å². The molecule has 0 aromatic heterocycles. The summed E-state index contributed by atoms with van der Waals surface area (Å²) in [5, 5.41) is 0. The zero-order chi connectivity index (χ0) is 13.8. The van der Waals surface area contributed by atoms with E-state index in [-0.39, 0.29) is 24.8 Å². The van der Waals surface area contributed by atoms with Gasteiger partial charge in [0, 0.05) is 0 Å². The van der Waals surface area contributed by atoms with Gasteiger partial charge in [-0.3, -0.25) is 0 Å². The van der Waals surface area contributed by atoms with Crippen LogP contribution in [0.3, 0.4) is 0 Å². The molecule has 0 bridgehead atoms. The Bertz CT molecular complexity index is 650. The van der Waals surface area contributed by atoms with Crippen LogP contribution in [-0.4, -0.2) is 3.21 Å². The van der Waals surface area contributed by atoms with Gasteiger partial charge < -0.3 is 0 Å². The zero-order valence-corrected chi connectivity index (χ0v) is 16.0. The number of benzene rings is 2. The summed E-state index contributed by atoms with van der Waals surface area (Å²) in [5.41, 5.74) is 2.06. The summed E-state index contributed by atoms with van der Waals surface area (Å²) in [6, 6.07) is 20.0. The molecular formula is C18H17Cl2FZr. The number of rotatable bonds is 3. The Kier molecular flexibility index (Phi) is 8.17. The Morgan fingerprint density at radius 2 is 1.32 bits per heavy atom. The Labute approximate surface area is 151 Å². The minimum absolute atomic E-state index is 0. The number of hydrogen-bond donors (Lipinski definition) is 0. The molecule has 1 aliphatic rings. The van der Waals surface area contributed by atoms with Crippen molar-refractivity contribution in [1.29, 1.82) is 0 Å². The van der Waals surface area contributed by atoms with Crippen LogP contribution in [0.2, 0.25) is 0 Å². The van der Waals surface area contributed by atoms with E-state index in [1.165, 1.54) is 0 Å². The van der Waals surface area contributed by atoms with Crippen molar-refractivity contribution in [3.05, 3.63) is 93.3 Å². The second kappa shape index (κ2) is 9.35. The van der Waals surface area contributed by atoms with Gasteiger partial charge in [-0.1, -0.05) is 0 Å². The van der Waals surface area contributed by atoms with Crippen molar-refractivity contribution in [2.45, 2.75) is 6.42 Å². The average Bonchev–Trinajstić information content (AvgIpc) is 3.04. The summed E-state index contributed by atoms with van der Waals surface area (Å²) >= 11 is -3.25. The van der Waals surface area contributed by atoms with Crippen molar-refractivity contribution in [3.63, 3.8) is 0 Å². The van der Waals surface area contributed by atoms with Crippen LogP contribution in [0.5, 0.6) is 0 Å². The first-order valence-electron chi connectivity index (χ1n) is 6.73. The molecule has 0 radical (unpaired) electrons. The van der Waals surface area contributed by atoms with Crippen molar-refractivity contribution in [1.82, 2.24) is 0 Å². The summed E-state index contributed by atoms with van der Waals surface area (Å²) in [6.07, 6.45) is 6.78. The van der Waals surface area contributed by atoms with Crippen LogP contribution in [0.15, 0.2) is 82.2 Å². The van der Waals surface area contributed by atoms with Gasteiger partial charge in [0.05, 0.1) is 0 Å². The summed E-state index contributed by atoms with van der Waals surface area (Å²) in [6.45, 7) is 0. The topological polar surface area (TPSA) is 0 Å². The van der Waals surface area contributed by atoms with Crippen LogP contribution in [0.25, 0.3) is 0 Å². The molecule has 1 aliphatic carbocycles. The van der Waals surface area contributed by atoms with E-state index in [1.807, 2.05) is 78.9 Å². The summed E-state index contributed by atoms with van der Waals surface area (Å²) in [4.78, 5) is 0. The fourth-order valence-electron chi connectivity index (χ4n) is 2.40. The van der Waals surface area contributed by atoms with Crippen LogP contribution in [0, 0.1) is 0 Å². The monoisotopic (exact) mass is 412 g/mol. The van der Waals surface area contributed by atoms with E-state index in [0.717, 1.165) is 24.0 Å². The third-order valence-electron chi connectivity index (χ3n) is 3.40. The number of allylic oxidation sites excluding steroid dienone is 4. The van der Waals surface area contributed by atoms with Gasteiger partial charge in [0.2, 0.25) is 0 Å². The van der Waals surface area contributed by atoms with Crippen LogP contribution in [0.4, 0.5) is 2.63 Å². The van der Waals surface area contributed by atoms with Crippen LogP contribution in [0.1, 0.15) is 17.5 Å².